The van der Waals surface area contributed by atoms with Crippen LogP contribution < -0.4 is 9.46 Å². The van der Waals surface area contributed by atoms with Gasteiger partial charge in [0.05, 0.1) is 22.4 Å². The van der Waals surface area contributed by atoms with Gasteiger partial charge in [-0.05, 0) is 36.4 Å². The van der Waals surface area contributed by atoms with E-state index < -0.39 is 10.0 Å². The van der Waals surface area contributed by atoms with Crippen molar-refractivity contribution in [1.82, 2.24) is 20.3 Å². The lowest BCUT2D eigenvalue weighted by Gasteiger charge is -2.15. The fourth-order valence-electron chi connectivity index (χ4n) is 3.07. The molecule has 0 radical (unpaired) electrons. The highest BCUT2D eigenvalue weighted by molar-refractivity contribution is 7.92. The lowest BCUT2D eigenvalue weighted by molar-refractivity contribution is 0.351. The maximum atomic E-state index is 13.5. The van der Waals surface area contributed by atoms with Crippen molar-refractivity contribution < 1.29 is 22.1 Å². The van der Waals surface area contributed by atoms with Crippen LogP contribution in [-0.4, -0.2) is 35.4 Å². The van der Waals surface area contributed by atoms with Crippen molar-refractivity contribution in [2.24, 2.45) is 0 Å². The molecule has 0 spiro atoms. The van der Waals surface area contributed by atoms with E-state index in [1.807, 2.05) is 0 Å². The number of anilines is 1. The molecule has 9 nitrogen and oxygen atoms in total. The molecule has 1 aliphatic rings. The molecule has 3 heterocycles. The van der Waals surface area contributed by atoms with Gasteiger partial charge in [-0.15, -0.1) is 0 Å². The number of fused-ring (bicyclic) bond motifs is 1. The third-order valence-corrected chi connectivity index (χ3v) is 5.92. The van der Waals surface area contributed by atoms with Crippen LogP contribution in [0.15, 0.2) is 64.3 Å². The smallest absolute Gasteiger partial charge is 0.262 e. The lowest BCUT2D eigenvalue weighted by Crippen LogP contribution is -2.12. The second-order valence-corrected chi connectivity index (χ2v) is 8.37. The highest BCUT2D eigenvalue weighted by Crippen LogP contribution is 2.31. The van der Waals surface area contributed by atoms with Gasteiger partial charge in [0.2, 0.25) is 5.82 Å². The van der Waals surface area contributed by atoms with Crippen molar-refractivity contribution in [3.63, 3.8) is 0 Å². The first kappa shape index (κ1) is 19.0. The Labute approximate surface area is 175 Å². The van der Waals surface area contributed by atoms with E-state index in [4.69, 9.17) is 9.26 Å². The number of halogens is 1. The topological polar surface area (TPSA) is 123 Å². The first-order valence-electron chi connectivity index (χ1n) is 9.07. The number of aromatic nitrogens is 4. The minimum absolute atomic E-state index is 0.0298. The summed E-state index contributed by atoms with van der Waals surface area (Å²) in [5.41, 5.74) is 1.92. The second-order valence-electron chi connectivity index (χ2n) is 6.68. The SMILES string of the molecule is O=S(=O)(Nc1cn[nH]c1)c1cccc(-c2noc(C3=Cc4cc(F)ccc4OC3)n2)c1. The summed E-state index contributed by atoms with van der Waals surface area (Å²) >= 11 is 0. The maximum Gasteiger partial charge on any atom is 0.262 e. The number of hydrogen-bond donors (Lipinski definition) is 2. The van der Waals surface area contributed by atoms with Crippen LogP contribution in [-0.2, 0) is 10.0 Å². The number of ether oxygens (including phenoxy) is 1. The van der Waals surface area contributed by atoms with Gasteiger partial charge in [-0.1, -0.05) is 17.3 Å². The first-order chi connectivity index (χ1) is 15.0. The summed E-state index contributed by atoms with van der Waals surface area (Å²) in [4.78, 5) is 4.38. The molecule has 2 aromatic heterocycles. The third-order valence-electron chi connectivity index (χ3n) is 4.54. The van der Waals surface area contributed by atoms with Crippen molar-refractivity contribution in [3.05, 3.63) is 72.1 Å². The predicted octanol–water partition coefficient (Wildman–Crippen LogP) is 3.33. The number of rotatable bonds is 5. The fraction of sp³-hybridized carbons (Fsp3) is 0.0500. The minimum Gasteiger partial charge on any atom is -0.488 e. The van der Waals surface area contributed by atoms with E-state index in [0.717, 1.165) is 0 Å². The number of hydrogen-bond acceptors (Lipinski definition) is 7. The van der Waals surface area contributed by atoms with Crippen LogP contribution in [0.4, 0.5) is 10.1 Å². The van der Waals surface area contributed by atoms with E-state index in [1.54, 1.807) is 24.3 Å². The summed E-state index contributed by atoms with van der Waals surface area (Å²) in [5.74, 6) is 0.594. The summed E-state index contributed by atoms with van der Waals surface area (Å²) in [7, 11) is -3.83. The maximum absolute atomic E-state index is 13.5. The van der Waals surface area contributed by atoms with Crippen molar-refractivity contribution in [2.45, 2.75) is 4.90 Å². The summed E-state index contributed by atoms with van der Waals surface area (Å²) in [6, 6.07) is 10.4. The van der Waals surface area contributed by atoms with E-state index in [-0.39, 0.29) is 29.0 Å². The zero-order chi connectivity index (χ0) is 21.4. The molecule has 0 saturated carbocycles. The number of nitrogens with zero attached hydrogens (tertiary/aromatic N) is 3. The summed E-state index contributed by atoms with van der Waals surface area (Å²) < 4.78 is 52.1. The molecule has 5 rings (SSSR count). The van der Waals surface area contributed by atoms with Crippen molar-refractivity contribution in [2.75, 3.05) is 11.3 Å². The van der Waals surface area contributed by atoms with Crippen molar-refractivity contribution in [3.8, 4) is 17.1 Å². The molecule has 156 valence electrons. The number of sulfonamides is 1. The van der Waals surface area contributed by atoms with E-state index in [2.05, 4.69) is 25.1 Å². The molecule has 0 aliphatic carbocycles. The van der Waals surface area contributed by atoms with Gasteiger partial charge in [0.1, 0.15) is 18.2 Å². The predicted molar refractivity (Wildman–Crippen MR) is 109 cm³/mol. The monoisotopic (exact) mass is 439 g/mol. The van der Waals surface area contributed by atoms with Crippen molar-refractivity contribution >= 4 is 27.4 Å². The molecule has 0 fully saturated rings. The number of benzene rings is 2. The normalized spacial score (nSPS) is 13.3. The van der Waals surface area contributed by atoms with Crippen LogP contribution in [0.3, 0.4) is 0 Å². The average Bonchev–Trinajstić information content (AvgIpc) is 3.45. The number of nitrogens with one attached hydrogen (secondary N) is 2. The molecule has 31 heavy (non-hydrogen) atoms. The minimum atomic E-state index is -3.83. The second kappa shape index (κ2) is 7.36. The highest BCUT2D eigenvalue weighted by Gasteiger charge is 2.21. The van der Waals surface area contributed by atoms with Gasteiger partial charge in [0.25, 0.3) is 15.9 Å². The summed E-state index contributed by atoms with van der Waals surface area (Å²) in [6.07, 6.45) is 4.50. The molecule has 1 aliphatic heterocycles. The standard InChI is InChI=1S/C20H14FN5O4S/c21-15-4-5-18-13(7-15)6-14(11-29-18)20-24-19(25-30-20)12-2-1-3-17(8-12)31(27,28)26-16-9-22-23-10-16/h1-10,26H,11H2,(H,22,23). The quantitative estimate of drug-likeness (QED) is 0.489. The van der Waals surface area contributed by atoms with Gasteiger partial charge >= 0.3 is 0 Å². The van der Waals surface area contributed by atoms with E-state index in [1.165, 1.54) is 36.7 Å². The Balaban J connectivity index is 1.44. The number of H-pyrrole nitrogens is 1. The van der Waals surface area contributed by atoms with Gasteiger partial charge in [-0.25, -0.2) is 12.8 Å². The molecule has 0 atom stereocenters. The van der Waals surface area contributed by atoms with Crippen LogP contribution in [0.5, 0.6) is 5.75 Å². The molecule has 11 heteroatoms. The Bertz CT molecular complexity index is 1400. The zero-order valence-corrected chi connectivity index (χ0v) is 16.6. The van der Waals surface area contributed by atoms with Gasteiger partial charge < -0.3 is 9.26 Å². The molecule has 4 aromatic rings. The van der Waals surface area contributed by atoms with Crippen LogP contribution in [0.2, 0.25) is 0 Å². The van der Waals surface area contributed by atoms with Gasteiger partial charge in [-0.2, -0.15) is 10.1 Å². The Kier molecular flexibility index (Phi) is 4.51. The van der Waals surface area contributed by atoms with E-state index in [0.29, 0.717) is 28.1 Å². The van der Waals surface area contributed by atoms with E-state index >= 15 is 0 Å². The van der Waals surface area contributed by atoms with E-state index in [9.17, 15) is 12.8 Å². The van der Waals surface area contributed by atoms with Gasteiger partial charge in [0.15, 0.2) is 0 Å². The Morgan fingerprint density at radius 2 is 2.06 bits per heavy atom. The fourth-order valence-corrected chi connectivity index (χ4v) is 4.15. The molecule has 2 aromatic carbocycles. The summed E-state index contributed by atoms with van der Waals surface area (Å²) in [6.45, 7) is 0.184. The van der Waals surface area contributed by atoms with Gasteiger partial charge in [-0.3, -0.25) is 9.82 Å². The van der Waals surface area contributed by atoms with Crippen LogP contribution in [0.1, 0.15) is 11.5 Å². The number of aromatic amines is 1. The van der Waals surface area contributed by atoms with Crippen molar-refractivity contribution in [1.29, 1.82) is 0 Å². The van der Waals surface area contributed by atoms with Crippen LogP contribution in [0.25, 0.3) is 23.0 Å². The van der Waals surface area contributed by atoms with Crippen LogP contribution >= 0.6 is 0 Å². The lowest BCUT2D eigenvalue weighted by atomic mass is 10.1. The third kappa shape index (κ3) is 3.78. The Morgan fingerprint density at radius 3 is 2.90 bits per heavy atom. The average molecular weight is 439 g/mol. The first-order valence-corrected chi connectivity index (χ1v) is 10.6. The molecule has 2 N–H and O–H groups in total. The molecule has 0 amide bonds. The molecule has 0 unspecified atom stereocenters. The molecule has 0 saturated heterocycles. The largest absolute Gasteiger partial charge is 0.488 e. The summed E-state index contributed by atoms with van der Waals surface area (Å²) in [5, 5.41) is 10.2. The Hall–Kier alpha value is -3.99. The molecular weight excluding hydrogens is 425 g/mol. The molecule has 0 bridgehead atoms. The highest BCUT2D eigenvalue weighted by atomic mass is 32.2. The zero-order valence-electron chi connectivity index (χ0n) is 15.7. The van der Waals surface area contributed by atoms with Gasteiger partial charge in [0, 0.05) is 17.3 Å². The van der Waals surface area contributed by atoms with Crippen LogP contribution in [0, 0.1) is 5.82 Å². The Morgan fingerprint density at radius 1 is 1.16 bits per heavy atom. The molecular formula is C20H14FN5O4S.